The molecule has 2 aromatic heterocycles. The van der Waals surface area contributed by atoms with Crippen molar-refractivity contribution >= 4 is 16.8 Å². The number of hydrogen-bond acceptors (Lipinski definition) is 3. The molecule has 0 radical (unpaired) electrons. The predicted octanol–water partition coefficient (Wildman–Crippen LogP) is 3.52. The van der Waals surface area contributed by atoms with Gasteiger partial charge in [0.25, 0.3) is 0 Å². The first-order valence-electron chi connectivity index (χ1n) is 5.56. The van der Waals surface area contributed by atoms with Gasteiger partial charge in [0.15, 0.2) is 0 Å². The highest BCUT2D eigenvalue weighted by molar-refractivity contribution is 6.00. The van der Waals surface area contributed by atoms with Gasteiger partial charge in [-0.2, -0.15) is 0 Å². The SMILES string of the molecule is Cc1cc(-c2ccccc2F)c2c(N)coc2n1. The smallest absolute Gasteiger partial charge is 0.228 e. The van der Waals surface area contributed by atoms with Gasteiger partial charge in [-0.05, 0) is 19.1 Å². The van der Waals surface area contributed by atoms with Crippen molar-refractivity contribution < 1.29 is 8.81 Å². The fourth-order valence-corrected chi connectivity index (χ4v) is 2.08. The number of aromatic nitrogens is 1. The van der Waals surface area contributed by atoms with Crippen molar-refractivity contribution in [2.24, 2.45) is 0 Å². The lowest BCUT2D eigenvalue weighted by molar-refractivity contribution is 0.603. The molecule has 0 aliphatic carbocycles. The van der Waals surface area contributed by atoms with Crippen LogP contribution in [0.15, 0.2) is 41.0 Å². The molecule has 90 valence electrons. The van der Waals surface area contributed by atoms with Gasteiger partial charge in [-0.3, -0.25) is 0 Å². The zero-order valence-corrected chi connectivity index (χ0v) is 9.77. The molecule has 0 bridgehead atoms. The summed E-state index contributed by atoms with van der Waals surface area (Å²) < 4.78 is 19.2. The van der Waals surface area contributed by atoms with Crippen LogP contribution in [0.25, 0.3) is 22.2 Å². The zero-order valence-electron chi connectivity index (χ0n) is 9.77. The number of hydrogen-bond donors (Lipinski definition) is 1. The fraction of sp³-hybridized carbons (Fsp3) is 0.0714. The minimum absolute atomic E-state index is 0.287. The summed E-state index contributed by atoms with van der Waals surface area (Å²) in [7, 11) is 0. The normalized spacial score (nSPS) is 11.0. The summed E-state index contributed by atoms with van der Waals surface area (Å²) in [6, 6.07) is 8.40. The maximum Gasteiger partial charge on any atom is 0.228 e. The van der Waals surface area contributed by atoms with Crippen LogP contribution in [0.5, 0.6) is 0 Å². The average molecular weight is 242 g/mol. The molecule has 3 aromatic rings. The molecular weight excluding hydrogens is 231 g/mol. The number of benzene rings is 1. The van der Waals surface area contributed by atoms with E-state index in [1.807, 2.05) is 13.0 Å². The van der Waals surface area contributed by atoms with Gasteiger partial charge >= 0.3 is 0 Å². The molecule has 18 heavy (non-hydrogen) atoms. The van der Waals surface area contributed by atoms with Gasteiger partial charge in [0, 0.05) is 16.8 Å². The van der Waals surface area contributed by atoms with Crippen LogP contribution in [0.2, 0.25) is 0 Å². The predicted molar refractivity (Wildman–Crippen MR) is 68.6 cm³/mol. The van der Waals surface area contributed by atoms with Crippen molar-refractivity contribution in [2.45, 2.75) is 6.92 Å². The number of rotatable bonds is 1. The van der Waals surface area contributed by atoms with E-state index in [-0.39, 0.29) is 5.82 Å². The summed E-state index contributed by atoms with van der Waals surface area (Å²) in [6.07, 6.45) is 1.43. The number of anilines is 1. The third kappa shape index (κ3) is 1.54. The van der Waals surface area contributed by atoms with Crippen molar-refractivity contribution in [3.63, 3.8) is 0 Å². The molecule has 0 saturated carbocycles. The highest BCUT2D eigenvalue weighted by Gasteiger charge is 2.14. The average Bonchev–Trinajstić information content (AvgIpc) is 2.71. The molecule has 0 unspecified atom stereocenters. The summed E-state index contributed by atoms with van der Waals surface area (Å²) in [6.45, 7) is 1.84. The molecule has 1 aromatic carbocycles. The van der Waals surface area contributed by atoms with E-state index >= 15 is 0 Å². The van der Waals surface area contributed by atoms with Crippen LogP contribution in [0.3, 0.4) is 0 Å². The van der Waals surface area contributed by atoms with Gasteiger partial charge in [0.05, 0.1) is 11.1 Å². The largest absolute Gasteiger partial charge is 0.444 e. The topological polar surface area (TPSA) is 52.0 Å². The Labute approximate surface area is 103 Å². The molecular formula is C14H11FN2O. The highest BCUT2D eigenvalue weighted by Crippen LogP contribution is 2.34. The second-order valence-electron chi connectivity index (χ2n) is 4.16. The molecule has 0 saturated heterocycles. The lowest BCUT2D eigenvalue weighted by Crippen LogP contribution is -1.91. The van der Waals surface area contributed by atoms with Crippen molar-refractivity contribution in [1.29, 1.82) is 0 Å². The Hall–Kier alpha value is -2.36. The molecule has 0 atom stereocenters. The lowest BCUT2D eigenvalue weighted by atomic mass is 10.0. The summed E-state index contributed by atoms with van der Waals surface area (Å²) in [5, 5.41) is 0.658. The van der Waals surface area contributed by atoms with Crippen molar-refractivity contribution in [1.82, 2.24) is 4.98 Å². The molecule has 3 nitrogen and oxygen atoms in total. The molecule has 0 amide bonds. The number of nitrogen functional groups attached to an aromatic ring is 1. The minimum atomic E-state index is -0.287. The minimum Gasteiger partial charge on any atom is -0.444 e. The molecule has 2 N–H and O–H groups in total. The number of furan rings is 1. The van der Waals surface area contributed by atoms with Gasteiger partial charge < -0.3 is 10.2 Å². The maximum absolute atomic E-state index is 13.9. The quantitative estimate of drug-likeness (QED) is 0.710. The van der Waals surface area contributed by atoms with Gasteiger partial charge in [0.2, 0.25) is 5.71 Å². The van der Waals surface area contributed by atoms with Crippen molar-refractivity contribution in [3.05, 3.63) is 48.1 Å². The van der Waals surface area contributed by atoms with Crippen molar-refractivity contribution in [2.75, 3.05) is 5.73 Å². The van der Waals surface area contributed by atoms with Gasteiger partial charge in [-0.1, -0.05) is 18.2 Å². The second-order valence-corrected chi connectivity index (χ2v) is 4.16. The molecule has 2 heterocycles. The number of pyridine rings is 1. The number of nitrogens with two attached hydrogens (primary N) is 1. The van der Waals surface area contributed by atoms with Crippen LogP contribution in [0, 0.1) is 12.7 Å². The van der Waals surface area contributed by atoms with Gasteiger partial charge in [-0.25, -0.2) is 9.37 Å². The zero-order chi connectivity index (χ0) is 12.7. The Bertz CT molecular complexity index is 734. The summed E-state index contributed by atoms with van der Waals surface area (Å²) in [5.41, 5.74) is 8.73. The molecule has 0 aliphatic heterocycles. The molecule has 0 spiro atoms. The van der Waals surface area contributed by atoms with E-state index in [0.29, 0.717) is 27.9 Å². The third-order valence-electron chi connectivity index (χ3n) is 2.86. The van der Waals surface area contributed by atoms with Crippen LogP contribution in [-0.4, -0.2) is 4.98 Å². The number of fused-ring (bicyclic) bond motifs is 1. The Morgan fingerprint density at radius 2 is 2.00 bits per heavy atom. The van der Waals surface area contributed by atoms with Crippen molar-refractivity contribution in [3.8, 4) is 11.1 Å². The second kappa shape index (κ2) is 3.84. The van der Waals surface area contributed by atoms with Crippen LogP contribution in [-0.2, 0) is 0 Å². The summed E-state index contributed by atoms with van der Waals surface area (Å²) in [4.78, 5) is 4.24. The van der Waals surface area contributed by atoms with E-state index < -0.39 is 0 Å². The first kappa shape index (κ1) is 10.8. The highest BCUT2D eigenvalue weighted by atomic mass is 19.1. The number of aryl methyl sites for hydroxylation is 1. The fourth-order valence-electron chi connectivity index (χ4n) is 2.08. The van der Waals surface area contributed by atoms with Crippen LogP contribution >= 0.6 is 0 Å². The van der Waals surface area contributed by atoms with Crippen LogP contribution < -0.4 is 5.73 Å². The Morgan fingerprint density at radius 1 is 1.22 bits per heavy atom. The lowest BCUT2D eigenvalue weighted by Gasteiger charge is -2.06. The monoisotopic (exact) mass is 242 g/mol. The van der Waals surface area contributed by atoms with Crippen LogP contribution in [0.4, 0.5) is 10.1 Å². The molecule has 4 heteroatoms. The summed E-state index contributed by atoms with van der Waals surface area (Å²) >= 11 is 0. The third-order valence-corrected chi connectivity index (χ3v) is 2.86. The molecule has 0 aliphatic rings. The number of nitrogens with zero attached hydrogens (tertiary/aromatic N) is 1. The van der Waals surface area contributed by atoms with E-state index in [0.717, 1.165) is 5.69 Å². The van der Waals surface area contributed by atoms with E-state index in [9.17, 15) is 4.39 Å². The van der Waals surface area contributed by atoms with Gasteiger partial charge in [-0.15, -0.1) is 0 Å². The molecule has 3 rings (SSSR count). The summed E-state index contributed by atoms with van der Waals surface area (Å²) in [5.74, 6) is -0.287. The Balaban J connectivity index is 2.41. The van der Waals surface area contributed by atoms with E-state index in [2.05, 4.69) is 4.98 Å². The van der Waals surface area contributed by atoms with Crippen LogP contribution in [0.1, 0.15) is 5.69 Å². The molecule has 0 fully saturated rings. The first-order valence-corrected chi connectivity index (χ1v) is 5.56. The van der Waals surface area contributed by atoms with E-state index in [1.165, 1.54) is 12.3 Å². The van der Waals surface area contributed by atoms with E-state index in [1.54, 1.807) is 18.2 Å². The van der Waals surface area contributed by atoms with Gasteiger partial charge in [0.1, 0.15) is 12.1 Å². The first-order chi connectivity index (χ1) is 8.66. The standard InChI is InChI=1S/C14H11FN2O/c1-8-6-10(9-4-2-3-5-11(9)15)13-12(16)7-18-14(13)17-8/h2-7H,16H2,1H3. The van der Waals surface area contributed by atoms with E-state index in [4.69, 9.17) is 10.2 Å². The number of halogens is 1. The Morgan fingerprint density at radius 3 is 2.78 bits per heavy atom. The Kier molecular flexibility index (Phi) is 2.30. The maximum atomic E-state index is 13.9.